The molecule has 4 rings (SSSR count). The van der Waals surface area contributed by atoms with Crippen LogP contribution in [0.3, 0.4) is 0 Å². The van der Waals surface area contributed by atoms with Gasteiger partial charge in [-0.25, -0.2) is 0 Å². The van der Waals surface area contributed by atoms with Gasteiger partial charge in [-0.3, -0.25) is 0 Å². The van der Waals surface area contributed by atoms with Crippen LogP contribution in [0.5, 0.6) is 11.5 Å². The number of benzene rings is 2. The summed E-state index contributed by atoms with van der Waals surface area (Å²) in [6, 6.07) is 17.9. The van der Waals surface area contributed by atoms with Crippen molar-refractivity contribution >= 4 is 10.9 Å². The first-order valence-corrected chi connectivity index (χ1v) is 10.0. The van der Waals surface area contributed by atoms with Gasteiger partial charge in [-0.1, -0.05) is 24.3 Å². The Morgan fingerprint density at radius 3 is 2.64 bits per heavy atom. The molecule has 1 aromatic heterocycles. The maximum atomic E-state index is 10.4. The van der Waals surface area contributed by atoms with E-state index in [2.05, 4.69) is 9.88 Å². The van der Waals surface area contributed by atoms with Crippen LogP contribution in [0.25, 0.3) is 10.9 Å². The fourth-order valence-electron chi connectivity index (χ4n) is 3.79. The minimum Gasteiger partial charge on any atom is -0.493 e. The SMILES string of the molecule is O[C@@H](COc1cccc2[nH]ccc12)CN1CCC(COc2ccccc2)CC1. The standard InChI is InChI=1S/C23H28N2O3/c26-19(17-28-23-8-4-7-22-21(23)9-12-24-22)15-25-13-10-18(11-14-25)16-27-20-5-2-1-3-6-20/h1-9,12,18-19,24,26H,10-11,13-17H2/t19-/m1/s1. The highest BCUT2D eigenvalue weighted by atomic mass is 16.5. The van der Waals surface area contributed by atoms with Crippen molar-refractivity contribution in [2.45, 2.75) is 18.9 Å². The summed E-state index contributed by atoms with van der Waals surface area (Å²) in [7, 11) is 0. The van der Waals surface area contributed by atoms with E-state index >= 15 is 0 Å². The summed E-state index contributed by atoms with van der Waals surface area (Å²) in [4.78, 5) is 5.50. The lowest BCUT2D eigenvalue weighted by atomic mass is 9.97. The number of aliphatic hydroxyl groups excluding tert-OH is 1. The lowest BCUT2D eigenvalue weighted by Crippen LogP contribution is -2.41. The molecule has 0 saturated carbocycles. The van der Waals surface area contributed by atoms with Crippen molar-refractivity contribution in [2.24, 2.45) is 5.92 Å². The van der Waals surface area contributed by atoms with E-state index in [4.69, 9.17) is 9.47 Å². The summed E-state index contributed by atoms with van der Waals surface area (Å²) in [5, 5.41) is 11.5. The van der Waals surface area contributed by atoms with Crippen molar-refractivity contribution in [1.82, 2.24) is 9.88 Å². The average Bonchev–Trinajstić information content (AvgIpc) is 3.22. The Hall–Kier alpha value is -2.50. The predicted octanol–water partition coefficient (Wildman–Crippen LogP) is 3.70. The number of hydrogen-bond donors (Lipinski definition) is 2. The molecule has 0 radical (unpaired) electrons. The summed E-state index contributed by atoms with van der Waals surface area (Å²) in [6.07, 6.45) is 3.61. The van der Waals surface area contributed by atoms with E-state index in [1.165, 1.54) is 0 Å². The Balaban J connectivity index is 1.18. The molecule has 2 N–H and O–H groups in total. The number of β-amino-alcohol motifs (C(OH)–C–C–N with tert-alkyl or cyclic N) is 1. The molecule has 1 fully saturated rings. The van der Waals surface area contributed by atoms with Gasteiger partial charge in [0.05, 0.1) is 6.61 Å². The van der Waals surface area contributed by atoms with Crippen molar-refractivity contribution in [3.05, 3.63) is 60.8 Å². The zero-order valence-electron chi connectivity index (χ0n) is 16.1. The van der Waals surface area contributed by atoms with Gasteiger partial charge in [0.25, 0.3) is 0 Å². The molecule has 5 heteroatoms. The van der Waals surface area contributed by atoms with Gasteiger partial charge < -0.3 is 24.5 Å². The number of piperidine rings is 1. The molecule has 1 aliphatic heterocycles. The third-order valence-corrected chi connectivity index (χ3v) is 5.39. The molecule has 2 aromatic carbocycles. The normalized spacial score (nSPS) is 16.9. The van der Waals surface area contributed by atoms with Crippen molar-refractivity contribution in [3.8, 4) is 11.5 Å². The monoisotopic (exact) mass is 380 g/mol. The number of nitrogens with one attached hydrogen (secondary N) is 1. The first-order valence-electron chi connectivity index (χ1n) is 10.0. The zero-order chi connectivity index (χ0) is 19.2. The van der Waals surface area contributed by atoms with Crippen LogP contribution in [0.2, 0.25) is 0 Å². The quantitative estimate of drug-likeness (QED) is 0.626. The molecule has 0 spiro atoms. The first kappa shape index (κ1) is 18.8. The molecule has 0 unspecified atom stereocenters. The van der Waals surface area contributed by atoms with E-state index in [1.807, 2.05) is 60.8 Å². The smallest absolute Gasteiger partial charge is 0.128 e. The van der Waals surface area contributed by atoms with E-state index in [0.29, 0.717) is 19.1 Å². The number of rotatable bonds is 8. The number of H-pyrrole nitrogens is 1. The van der Waals surface area contributed by atoms with Crippen LogP contribution in [0.1, 0.15) is 12.8 Å². The molecule has 148 valence electrons. The number of aliphatic hydroxyl groups is 1. The van der Waals surface area contributed by atoms with Crippen LogP contribution in [0.4, 0.5) is 0 Å². The van der Waals surface area contributed by atoms with Gasteiger partial charge in [0.1, 0.15) is 24.2 Å². The zero-order valence-corrected chi connectivity index (χ0v) is 16.1. The third kappa shape index (κ3) is 4.86. The Kier molecular flexibility index (Phi) is 6.14. The summed E-state index contributed by atoms with van der Waals surface area (Å²) >= 11 is 0. The fourth-order valence-corrected chi connectivity index (χ4v) is 3.79. The largest absolute Gasteiger partial charge is 0.493 e. The van der Waals surface area contributed by atoms with Gasteiger partial charge in [-0.05, 0) is 62.2 Å². The van der Waals surface area contributed by atoms with Gasteiger partial charge in [-0.2, -0.15) is 0 Å². The Labute approximate surface area is 165 Å². The Morgan fingerprint density at radius 2 is 1.82 bits per heavy atom. The number of para-hydroxylation sites is 1. The number of likely N-dealkylation sites (tertiary alicyclic amines) is 1. The second-order valence-corrected chi connectivity index (χ2v) is 7.53. The molecule has 0 bridgehead atoms. The van der Waals surface area contributed by atoms with Gasteiger partial charge in [0, 0.05) is 23.6 Å². The van der Waals surface area contributed by atoms with Gasteiger partial charge >= 0.3 is 0 Å². The van der Waals surface area contributed by atoms with E-state index in [0.717, 1.165) is 54.9 Å². The molecule has 28 heavy (non-hydrogen) atoms. The van der Waals surface area contributed by atoms with Crippen molar-refractivity contribution < 1.29 is 14.6 Å². The van der Waals surface area contributed by atoms with Crippen LogP contribution < -0.4 is 9.47 Å². The van der Waals surface area contributed by atoms with Crippen molar-refractivity contribution in [3.63, 3.8) is 0 Å². The average molecular weight is 380 g/mol. The first-order chi connectivity index (χ1) is 13.8. The molecule has 1 saturated heterocycles. The van der Waals surface area contributed by atoms with Gasteiger partial charge in [-0.15, -0.1) is 0 Å². The number of hydrogen-bond acceptors (Lipinski definition) is 4. The number of nitrogens with zero attached hydrogens (tertiary/aromatic N) is 1. The minimum absolute atomic E-state index is 0.307. The Morgan fingerprint density at radius 1 is 1.00 bits per heavy atom. The van der Waals surface area contributed by atoms with E-state index in [1.54, 1.807) is 0 Å². The highest BCUT2D eigenvalue weighted by Crippen LogP contribution is 2.25. The topological polar surface area (TPSA) is 57.7 Å². The van der Waals surface area contributed by atoms with E-state index in [9.17, 15) is 5.11 Å². The molecule has 1 atom stereocenters. The van der Waals surface area contributed by atoms with Crippen LogP contribution in [0.15, 0.2) is 60.8 Å². The molecule has 2 heterocycles. The van der Waals surface area contributed by atoms with Crippen LogP contribution in [-0.4, -0.2) is 53.9 Å². The lowest BCUT2D eigenvalue weighted by molar-refractivity contribution is 0.0507. The molecular weight excluding hydrogens is 352 g/mol. The summed E-state index contributed by atoms with van der Waals surface area (Å²) in [5.41, 5.74) is 1.05. The molecule has 5 nitrogen and oxygen atoms in total. The fraction of sp³-hybridized carbons (Fsp3) is 0.391. The molecule has 0 aliphatic carbocycles. The van der Waals surface area contributed by atoms with Gasteiger partial charge in [0.2, 0.25) is 0 Å². The summed E-state index contributed by atoms with van der Waals surface area (Å²) in [5.74, 6) is 2.33. The third-order valence-electron chi connectivity index (χ3n) is 5.39. The highest BCUT2D eigenvalue weighted by molar-refractivity contribution is 5.85. The minimum atomic E-state index is -0.494. The molecule has 0 amide bonds. The maximum Gasteiger partial charge on any atom is 0.128 e. The number of aromatic amines is 1. The second-order valence-electron chi connectivity index (χ2n) is 7.53. The van der Waals surface area contributed by atoms with Gasteiger partial charge in [0.15, 0.2) is 0 Å². The predicted molar refractivity (Wildman–Crippen MR) is 111 cm³/mol. The highest BCUT2D eigenvalue weighted by Gasteiger charge is 2.22. The van der Waals surface area contributed by atoms with Crippen LogP contribution in [0, 0.1) is 5.92 Å². The summed E-state index contributed by atoms with van der Waals surface area (Å²) < 4.78 is 11.8. The van der Waals surface area contributed by atoms with Crippen LogP contribution in [-0.2, 0) is 0 Å². The molecular formula is C23H28N2O3. The Bertz CT molecular complexity index is 856. The molecule has 3 aromatic rings. The molecule has 1 aliphatic rings. The number of ether oxygens (including phenoxy) is 2. The summed E-state index contributed by atoms with van der Waals surface area (Å²) in [6.45, 7) is 3.71. The maximum absolute atomic E-state index is 10.4. The van der Waals surface area contributed by atoms with Crippen LogP contribution >= 0.6 is 0 Å². The second kappa shape index (κ2) is 9.13. The van der Waals surface area contributed by atoms with Crippen molar-refractivity contribution in [1.29, 1.82) is 0 Å². The van der Waals surface area contributed by atoms with E-state index < -0.39 is 6.10 Å². The van der Waals surface area contributed by atoms with E-state index in [-0.39, 0.29) is 0 Å². The van der Waals surface area contributed by atoms with Crippen molar-refractivity contribution in [2.75, 3.05) is 32.8 Å². The number of aromatic nitrogens is 1. The number of fused-ring (bicyclic) bond motifs is 1. The lowest BCUT2D eigenvalue weighted by Gasteiger charge is -2.33.